The fraction of sp³-hybridized carbons (Fsp3) is 0.333. The highest BCUT2D eigenvalue weighted by Crippen LogP contribution is 2.09. The number of aryl methyl sites for hydroxylation is 2. The maximum absolute atomic E-state index is 11.3. The molecule has 0 spiro atoms. The van der Waals surface area contributed by atoms with Crippen LogP contribution in [-0.4, -0.2) is 22.9 Å². The number of ether oxygens (including phenoxy) is 1. The van der Waals surface area contributed by atoms with Gasteiger partial charge >= 0.3 is 5.97 Å². The van der Waals surface area contributed by atoms with Crippen molar-refractivity contribution in [1.82, 2.24) is 9.78 Å². The van der Waals surface area contributed by atoms with E-state index in [-0.39, 0.29) is 5.97 Å². The first-order chi connectivity index (χ1) is 9.69. The zero-order valence-electron chi connectivity index (χ0n) is 11.6. The first-order valence-corrected chi connectivity index (χ1v) is 6.65. The van der Waals surface area contributed by atoms with E-state index in [4.69, 9.17) is 5.73 Å². The minimum Gasteiger partial charge on any atom is -0.465 e. The quantitative estimate of drug-likeness (QED) is 0.647. The predicted molar refractivity (Wildman–Crippen MR) is 77.4 cm³/mol. The molecule has 0 bridgehead atoms. The van der Waals surface area contributed by atoms with Crippen molar-refractivity contribution in [2.45, 2.75) is 25.8 Å². The van der Waals surface area contributed by atoms with Gasteiger partial charge in [-0.1, -0.05) is 12.1 Å². The number of benzene rings is 1. The molecule has 1 aromatic carbocycles. The Labute approximate surface area is 118 Å². The summed E-state index contributed by atoms with van der Waals surface area (Å²) in [6, 6.07) is 9.34. The Hall–Kier alpha value is -2.30. The van der Waals surface area contributed by atoms with E-state index in [0.717, 1.165) is 25.8 Å². The van der Waals surface area contributed by atoms with Gasteiger partial charge in [0.15, 0.2) is 0 Å². The molecule has 1 heterocycles. The number of nitrogens with two attached hydrogens (primary N) is 1. The number of anilines is 1. The summed E-state index contributed by atoms with van der Waals surface area (Å²) in [5, 5.41) is 4.14. The van der Waals surface area contributed by atoms with Crippen LogP contribution in [0.5, 0.6) is 0 Å². The zero-order valence-corrected chi connectivity index (χ0v) is 11.6. The van der Waals surface area contributed by atoms with Gasteiger partial charge in [0.05, 0.1) is 12.7 Å². The zero-order chi connectivity index (χ0) is 14.4. The van der Waals surface area contributed by atoms with E-state index in [1.165, 1.54) is 12.7 Å². The average molecular weight is 273 g/mol. The first-order valence-electron chi connectivity index (χ1n) is 6.65. The summed E-state index contributed by atoms with van der Waals surface area (Å²) < 4.78 is 6.52. The van der Waals surface area contributed by atoms with Gasteiger partial charge in [0.1, 0.15) is 5.82 Å². The third-order valence-electron chi connectivity index (χ3n) is 3.14. The van der Waals surface area contributed by atoms with E-state index in [0.29, 0.717) is 11.4 Å². The summed E-state index contributed by atoms with van der Waals surface area (Å²) >= 11 is 0. The SMILES string of the molecule is COC(=O)c1ccc(CCCCn2ccc(N)n2)cc1. The molecule has 0 unspecified atom stereocenters. The number of aromatic nitrogens is 2. The van der Waals surface area contributed by atoms with Crippen LogP contribution in [0.1, 0.15) is 28.8 Å². The molecule has 0 aliphatic carbocycles. The molecule has 0 saturated heterocycles. The molecule has 0 aliphatic heterocycles. The molecule has 20 heavy (non-hydrogen) atoms. The average Bonchev–Trinajstić information content (AvgIpc) is 2.89. The lowest BCUT2D eigenvalue weighted by Crippen LogP contribution is -2.01. The molecule has 5 nitrogen and oxygen atoms in total. The molecule has 0 fully saturated rings. The molecular weight excluding hydrogens is 254 g/mol. The number of carbonyl (C=O) groups excluding carboxylic acids is 1. The second-order valence-corrected chi connectivity index (χ2v) is 4.65. The normalized spacial score (nSPS) is 10.4. The van der Waals surface area contributed by atoms with Gasteiger partial charge in [0.25, 0.3) is 0 Å². The third-order valence-corrected chi connectivity index (χ3v) is 3.14. The van der Waals surface area contributed by atoms with Gasteiger partial charge in [-0.3, -0.25) is 4.68 Å². The van der Waals surface area contributed by atoms with Crippen LogP contribution in [0, 0.1) is 0 Å². The molecule has 5 heteroatoms. The van der Waals surface area contributed by atoms with Crippen molar-refractivity contribution < 1.29 is 9.53 Å². The fourth-order valence-corrected chi connectivity index (χ4v) is 2.03. The Morgan fingerprint density at radius 3 is 2.60 bits per heavy atom. The van der Waals surface area contributed by atoms with Crippen molar-refractivity contribution in [3.63, 3.8) is 0 Å². The molecule has 1 aromatic heterocycles. The maximum Gasteiger partial charge on any atom is 0.337 e. The highest BCUT2D eigenvalue weighted by molar-refractivity contribution is 5.89. The Morgan fingerprint density at radius 1 is 1.25 bits per heavy atom. The smallest absolute Gasteiger partial charge is 0.337 e. The standard InChI is InChI=1S/C15H19N3O2/c1-20-15(19)13-7-5-12(6-8-13)4-2-3-10-18-11-9-14(16)17-18/h5-9,11H,2-4,10H2,1H3,(H2,16,17). The Balaban J connectivity index is 1.75. The van der Waals surface area contributed by atoms with Crippen LogP contribution in [0.15, 0.2) is 36.5 Å². The second kappa shape index (κ2) is 6.75. The van der Waals surface area contributed by atoms with Gasteiger partial charge in [0.2, 0.25) is 0 Å². The van der Waals surface area contributed by atoms with E-state index < -0.39 is 0 Å². The van der Waals surface area contributed by atoms with Crippen LogP contribution in [0.4, 0.5) is 5.82 Å². The second-order valence-electron chi connectivity index (χ2n) is 4.65. The first kappa shape index (κ1) is 14.1. The van der Waals surface area contributed by atoms with Crippen molar-refractivity contribution in [1.29, 1.82) is 0 Å². The summed E-state index contributed by atoms with van der Waals surface area (Å²) in [4.78, 5) is 11.3. The molecule has 2 N–H and O–H groups in total. The van der Waals surface area contributed by atoms with Gasteiger partial charge in [-0.2, -0.15) is 5.10 Å². The van der Waals surface area contributed by atoms with Crippen LogP contribution in [-0.2, 0) is 17.7 Å². The summed E-state index contributed by atoms with van der Waals surface area (Å²) in [7, 11) is 1.39. The number of methoxy groups -OCH3 is 1. The molecule has 2 aromatic rings. The molecular formula is C15H19N3O2. The predicted octanol–water partition coefficient (Wildman–Crippen LogP) is 2.27. The van der Waals surface area contributed by atoms with Crippen molar-refractivity contribution in [2.75, 3.05) is 12.8 Å². The van der Waals surface area contributed by atoms with E-state index in [1.807, 2.05) is 23.0 Å². The van der Waals surface area contributed by atoms with Gasteiger partial charge in [-0.25, -0.2) is 4.79 Å². The van der Waals surface area contributed by atoms with Crippen LogP contribution in [0.3, 0.4) is 0 Å². The minimum atomic E-state index is -0.298. The molecule has 0 aliphatic rings. The Bertz CT molecular complexity index is 561. The number of rotatable bonds is 6. The lowest BCUT2D eigenvalue weighted by atomic mass is 10.1. The third kappa shape index (κ3) is 3.85. The van der Waals surface area contributed by atoms with Crippen molar-refractivity contribution in [3.05, 3.63) is 47.7 Å². The molecule has 0 saturated carbocycles. The lowest BCUT2D eigenvalue weighted by Gasteiger charge is -2.04. The number of hydrogen-bond donors (Lipinski definition) is 1. The van der Waals surface area contributed by atoms with Crippen molar-refractivity contribution in [2.24, 2.45) is 0 Å². The molecule has 2 rings (SSSR count). The van der Waals surface area contributed by atoms with E-state index >= 15 is 0 Å². The highest BCUT2D eigenvalue weighted by atomic mass is 16.5. The van der Waals surface area contributed by atoms with Crippen molar-refractivity contribution in [3.8, 4) is 0 Å². The molecule has 0 amide bonds. The molecule has 106 valence electrons. The summed E-state index contributed by atoms with van der Waals surface area (Å²) in [5.74, 6) is 0.260. The number of unbranched alkanes of at least 4 members (excludes halogenated alkanes) is 1. The summed E-state index contributed by atoms with van der Waals surface area (Å²) in [6.45, 7) is 0.872. The van der Waals surface area contributed by atoms with Gasteiger partial charge in [-0.15, -0.1) is 0 Å². The van der Waals surface area contributed by atoms with Gasteiger partial charge in [0, 0.05) is 12.7 Å². The summed E-state index contributed by atoms with van der Waals surface area (Å²) in [5.41, 5.74) is 7.36. The topological polar surface area (TPSA) is 70.1 Å². The van der Waals surface area contributed by atoms with Crippen LogP contribution < -0.4 is 5.73 Å². The van der Waals surface area contributed by atoms with E-state index in [1.54, 1.807) is 18.2 Å². The van der Waals surface area contributed by atoms with E-state index in [2.05, 4.69) is 9.84 Å². The fourth-order valence-electron chi connectivity index (χ4n) is 2.03. The highest BCUT2D eigenvalue weighted by Gasteiger charge is 2.04. The van der Waals surface area contributed by atoms with Crippen LogP contribution in [0.25, 0.3) is 0 Å². The summed E-state index contributed by atoms with van der Waals surface area (Å²) in [6.07, 6.45) is 4.98. The Kier molecular flexibility index (Phi) is 4.76. The maximum atomic E-state index is 11.3. The number of nitrogen functional groups attached to an aromatic ring is 1. The lowest BCUT2D eigenvalue weighted by molar-refractivity contribution is 0.0600. The van der Waals surface area contributed by atoms with Crippen LogP contribution >= 0.6 is 0 Å². The number of hydrogen-bond acceptors (Lipinski definition) is 4. The molecule has 0 radical (unpaired) electrons. The van der Waals surface area contributed by atoms with Crippen molar-refractivity contribution >= 4 is 11.8 Å². The van der Waals surface area contributed by atoms with Crippen LogP contribution in [0.2, 0.25) is 0 Å². The molecule has 0 atom stereocenters. The number of carbonyl (C=O) groups is 1. The van der Waals surface area contributed by atoms with Gasteiger partial charge < -0.3 is 10.5 Å². The monoisotopic (exact) mass is 273 g/mol. The number of nitrogens with zero attached hydrogens (tertiary/aromatic N) is 2. The Morgan fingerprint density at radius 2 is 2.00 bits per heavy atom. The van der Waals surface area contributed by atoms with Gasteiger partial charge in [-0.05, 0) is 43.0 Å². The largest absolute Gasteiger partial charge is 0.465 e. The minimum absolute atomic E-state index is 0.298. The number of esters is 1. The van der Waals surface area contributed by atoms with E-state index in [9.17, 15) is 4.79 Å².